The summed E-state index contributed by atoms with van der Waals surface area (Å²) in [7, 11) is 1.59. The molecule has 0 aromatic heterocycles. The van der Waals surface area contributed by atoms with Crippen LogP contribution >= 0.6 is 0 Å². The van der Waals surface area contributed by atoms with E-state index in [1.54, 1.807) is 7.11 Å². The molecule has 2 aromatic carbocycles. The van der Waals surface area contributed by atoms with Crippen molar-refractivity contribution in [3.8, 4) is 17.2 Å². The summed E-state index contributed by atoms with van der Waals surface area (Å²) in [5, 5.41) is 18.8. The molecule has 0 bridgehead atoms. The van der Waals surface area contributed by atoms with Crippen LogP contribution in [0.25, 0.3) is 0 Å². The second-order valence-corrected chi connectivity index (χ2v) is 5.75. The van der Waals surface area contributed by atoms with Crippen LogP contribution < -0.4 is 9.47 Å². The number of aromatic hydroxyl groups is 1. The highest BCUT2D eigenvalue weighted by molar-refractivity contribution is 5.77. The van der Waals surface area contributed by atoms with Crippen molar-refractivity contribution >= 4 is 5.97 Å². The first-order chi connectivity index (χ1) is 11.9. The molecule has 6 heteroatoms. The van der Waals surface area contributed by atoms with Gasteiger partial charge in [-0.15, -0.1) is 0 Å². The van der Waals surface area contributed by atoms with Crippen LogP contribution in [0.1, 0.15) is 18.9 Å². The lowest BCUT2D eigenvalue weighted by Gasteiger charge is -2.26. The summed E-state index contributed by atoms with van der Waals surface area (Å²) in [6.07, 6.45) is 0.165. The van der Waals surface area contributed by atoms with E-state index in [1.807, 2.05) is 24.3 Å². The average molecular weight is 346 g/mol. The van der Waals surface area contributed by atoms with Crippen molar-refractivity contribution < 1.29 is 29.2 Å². The first kappa shape index (κ1) is 18.6. The van der Waals surface area contributed by atoms with Gasteiger partial charge in [0.25, 0.3) is 0 Å². The lowest BCUT2D eigenvalue weighted by Crippen LogP contribution is -2.42. The maximum atomic E-state index is 11.6. The molecular weight excluding hydrogens is 324 g/mol. The van der Waals surface area contributed by atoms with Gasteiger partial charge in [-0.3, -0.25) is 0 Å². The quantitative estimate of drug-likeness (QED) is 0.678. The van der Waals surface area contributed by atoms with Gasteiger partial charge in [0, 0.05) is 12.0 Å². The van der Waals surface area contributed by atoms with Crippen molar-refractivity contribution in [2.45, 2.75) is 25.6 Å². The van der Waals surface area contributed by atoms with E-state index >= 15 is 0 Å². The Morgan fingerprint density at radius 1 is 1.12 bits per heavy atom. The number of para-hydroxylation sites is 1. The zero-order chi connectivity index (χ0) is 18.3. The lowest BCUT2D eigenvalue weighted by molar-refractivity contribution is -0.155. The van der Waals surface area contributed by atoms with Gasteiger partial charge < -0.3 is 24.4 Å². The van der Waals surface area contributed by atoms with E-state index in [0.29, 0.717) is 12.4 Å². The van der Waals surface area contributed by atoms with Gasteiger partial charge in [0.1, 0.15) is 17.2 Å². The van der Waals surface area contributed by atoms with Crippen LogP contribution in [0.3, 0.4) is 0 Å². The SMILES string of the molecule is COc1ccccc1COCCC(C)(Oc1ccc(O)cc1)C(=O)O. The summed E-state index contributed by atoms with van der Waals surface area (Å²) >= 11 is 0. The summed E-state index contributed by atoms with van der Waals surface area (Å²) in [5.74, 6) is 0.0993. The number of methoxy groups -OCH3 is 1. The van der Waals surface area contributed by atoms with Gasteiger partial charge in [-0.1, -0.05) is 18.2 Å². The Kier molecular flexibility index (Phi) is 6.25. The van der Waals surface area contributed by atoms with Gasteiger partial charge >= 0.3 is 5.97 Å². The number of carbonyl (C=O) groups is 1. The number of carboxylic acids is 1. The third-order valence-corrected chi connectivity index (χ3v) is 3.81. The molecule has 2 rings (SSSR count). The van der Waals surface area contributed by atoms with E-state index in [-0.39, 0.29) is 18.8 Å². The van der Waals surface area contributed by atoms with Crippen molar-refractivity contribution in [2.24, 2.45) is 0 Å². The molecule has 2 N–H and O–H groups in total. The van der Waals surface area contributed by atoms with Crippen LogP contribution in [0.15, 0.2) is 48.5 Å². The van der Waals surface area contributed by atoms with Crippen LogP contribution in [-0.4, -0.2) is 35.5 Å². The van der Waals surface area contributed by atoms with Crippen LogP contribution in [0.2, 0.25) is 0 Å². The molecule has 0 aliphatic heterocycles. The van der Waals surface area contributed by atoms with Crippen LogP contribution in [0.5, 0.6) is 17.2 Å². The minimum Gasteiger partial charge on any atom is -0.508 e. The number of rotatable bonds is 9. The summed E-state index contributed by atoms with van der Waals surface area (Å²) in [6.45, 7) is 2.02. The molecule has 0 saturated carbocycles. The molecule has 1 unspecified atom stereocenters. The minimum absolute atomic E-state index is 0.0875. The molecule has 0 spiro atoms. The number of hydrogen-bond donors (Lipinski definition) is 2. The standard InChI is InChI=1S/C19H22O6/c1-19(18(21)22,25-16-9-7-15(20)8-10-16)11-12-24-13-14-5-3-4-6-17(14)23-2/h3-10,20H,11-13H2,1-2H3,(H,21,22). The van der Waals surface area contributed by atoms with Crippen molar-refractivity contribution in [1.29, 1.82) is 0 Å². The molecule has 0 aliphatic carbocycles. The van der Waals surface area contributed by atoms with E-state index in [1.165, 1.54) is 31.2 Å². The Morgan fingerprint density at radius 3 is 2.44 bits per heavy atom. The van der Waals surface area contributed by atoms with Crippen LogP contribution in [-0.2, 0) is 16.1 Å². The van der Waals surface area contributed by atoms with Gasteiger partial charge in [-0.05, 0) is 37.3 Å². The highest BCUT2D eigenvalue weighted by Gasteiger charge is 2.35. The van der Waals surface area contributed by atoms with E-state index in [9.17, 15) is 15.0 Å². The smallest absolute Gasteiger partial charge is 0.347 e. The molecule has 1 atom stereocenters. The van der Waals surface area contributed by atoms with Crippen LogP contribution in [0.4, 0.5) is 0 Å². The highest BCUT2D eigenvalue weighted by atomic mass is 16.5. The van der Waals surface area contributed by atoms with Gasteiger partial charge in [-0.2, -0.15) is 0 Å². The maximum absolute atomic E-state index is 11.6. The summed E-state index contributed by atoms with van der Waals surface area (Å²) in [6, 6.07) is 13.4. The van der Waals surface area contributed by atoms with Gasteiger partial charge in [-0.25, -0.2) is 4.79 Å². The number of carboxylic acid groups (broad SMARTS) is 1. The number of ether oxygens (including phenoxy) is 3. The minimum atomic E-state index is -1.43. The van der Waals surface area contributed by atoms with Crippen molar-refractivity contribution in [3.05, 3.63) is 54.1 Å². The molecule has 6 nitrogen and oxygen atoms in total. The fourth-order valence-electron chi connectivity index (χ4n) is 2.25. The monoisotopic (exact) mass is 346 g/mol. The van der Waals surface area contributed by atoms with Crippen molar-refractivity contribution in [2.75, 3.05) is 13.7 Å². The zero-order valence-electron chi connectivity index (χ0n) is 14.3. The Hall–Kier alpha value is -2.73. The molecule has 134 valence electrons. The highest BCUT2D eigenvalue weighted by Crippen LogP contribution is 2.24. The second-order valence-electron chi connectivity index (χ2n) is 5.75. The van der Waals surface area contributed by atoms with Crippen LogP contribution in [0, 0.1) is 0 Å². The molecule has 2 aromatic rings. The van der Waals surface area contributed by atoms with E-state index < -0.39 is 11.6 Å². The predicted molar refractivity (Wildman–Crippen MR) is 92.0 cm³/mol. The van der Waals surface area contributed by atoms with E-state index in [4.69, 9.17) is 14.2 Å². The van der Waals surface area contributed by atoms with Gasteiger partial charge in [0.15, 0.2) is 0 Å². The molecule has 0 saturated heterocycles. The molecular formula is C19H22O6. The summed E-state index contributed by atoms with van der Waals surface area (Å²) in [4.78, 5) is 11.6. The number of phenolic OH excluding ortho intramolecular Hbond substituents is 1. The number of benzene rings is 2. The lowest BCUT2D eigenvalue weighted by atomic mass is 10.0. The molecule has 0 aliphatic rings. The first-order valence-electron chi connectivity index (χ1n) is 7.86. The van der Waals surface area contributed by atoms with Crippen molar-refractivity contribution in [1.82, 2.24) is 0 Å². The maximum Gasteiger partial charge on any atom is 0.347 e. The fourth-order valence-corrected chi connectivity index (χ4v) is 2.25. The number of phenols is 1. The molecule has 0 heterocycles. The normalized spacial score (nSPS) is 13.0. The molecule has 0 radical (unpaired) electrons. The van der Waals surface area contributed by atoms with Gasteiger partial charge in [0.2, 0.25) is 5.60 Å². The summed E-state index contributed by atoms with van der Waals surface area (Å²) in [5.41, 5.74) is -0.543. The Labute approximate surface area is 146 Å². The Morgan fingerprint density at radius 2 is 1.80 bits per heavy atom. The second kappa shape index (κ2) is 8.39. The van der Waals surface area contributed by atoms with E-state index in [0.717, 1.165) is 11.3 Å². The topological polar surface area (TPSA) is 85.2 Å². The third-order valence-electron chi connectivity index (χ3n) is 3.81. The van der Waals surface area contributed by atoms with Crippen molar-refractivity contribution in [3.63, 3.8) is 0 Å². The fraction of sp³-hybridized carbons (Fsp3) is 0.316. The number of hydrogen-bond acceptors (Lipinski definition) is 5. The Bertz CT molecular complexity index is 697. The Balaban J connectivity index is 1.92. The third kappa shape index (κ3) is 5.12. The molecule has 25 heavy (non-hydrogen) atoms. The predicted octanol–water partition coefficient (Wildman–Crippen LogP) is 3.23. The molecule has 0 fully saturated rings. The average Bonchev–Trinajstić information content (AvgIpc) is 2.61. The van der Waals surface area contributed by atoms with Gasteiger partial charge in [0.05, 0.1) is 20.3 Å². The van der Waals surface area contributed by atoms with E-state index in [2.05, 4.69) is 0 Å². The summed E-state index contributed by atoms with van der Waals surface area (Å²) < 4.78 is 16.5. The largest absolute Gasteiger partial charge is 0.508 e. The zero-order valence-corrected chi connectivity index (χ0v) is 14.3. The molecule has 0 amide bonds. The number of aliphatic carboxylic acids is 1. The first-order valence-corrected chi connectivity index (χ1v) is 7.86.